The lowest BCUT2D eigenvalue weighted by atomic mass is 9.97. The molecule has 0 aliphatic carbocycles. The minimum absolute atomic E-state index is 0.132. The lowest BCUT2D eigenvalue weighted by Crippen LogP contribution is -2.28. The maximum absolute atomic E-state index is 12.5. The van der Waals surface area contributed by atoms with Crippen molar-refractivity contribution in [2.75, 3.05) is 6.54 Å². The van der Waals surface area contributed by atoms with E-state index in [1.807, 2.05) is 12.1 Å². The lowest BCUT2D eigenvalue weighted by Gasteiger charge is -2.27. The quantitative estimate of drug-likeness (QED) is 0.733. The molecule has 0 saturated carbocycles. The van der Waals surface area contributed by atoms with Crippen molar-refractivity contribution in [3.8, 4) is 0 Å². The smallest absolute Gasteiger partial charge is 0.282 e. The van der Waals surface area contributed by atoms with Gasteiger partial charge in [0.2, 0.25) is 0 Å². The number of amides is 1. The van der Waals surface area contributed by atoms with Crippen molar-refractivity contribution in [2.45, 2.75) is 31.1 Å². The summed E-state index contributed by atoms with van der Waals surface area (Å²) in [6, 6.07) is 20.9. The van der Waals surface area contributed by atoms with E-state index in [-0.39, 0.29) is 16.5 Å². The number of unbranched alkanes of at least 4 members (excludes halogenated alkanes) is 1. The zero-order chi connectivity index (χ0) is 15.4. The molecule has 1 amide bonds. The Morgan fingerprint density at radius 1 is 0.955 bits per heavy atom. The molecule has 0 radical (unpaired) electrons. The predicted octanol–water partition coefficient (Wildman–Crippen LogP) is 5.44. The average molecular weight is 311 g/mol. The van der Waals surface area contributed by atoms with Crippen LogP contribution in [0.15, 0.2) is 60.7 Å². The Morgan fingerprint density at radius 3 is 2.14 bits per heavy atom. The third-order valence-electron chi connectivity index (χ3n) is 4.11. The number of hydrogen-bond acceptors (Lipinski definition) is 2. The van der Waals surface area contributed by atoms with Crippen molar-refractivity contribution in [3.05, 3.63) is 71.8 Å². The zero-order valence-electron chi connectivity index (χ0n) is 12.8. The molecule has 3 heteroatoms. The third-order valence-corrected chi connectivity index (χ3v) is 5.33. The zero-order valence-corrected chi connectivity index (χ0v) is 13.6. The van der Waals surface area contributed by atoms with E-state index in [9.17, 15) is 4.79 Å². The molecular formula is C19H21NOS. The first-order valence-electron chi connectivity index (χ1n) is 7.88. The molecule has 3 rings (SSSR count). The fourth-order valence-electron chi connectivity index (χ4n) is 2.97. The van der Waals surface area contributed by atoms with Crippen molar-refractivity contribution >= 4 is 17.0 Å². The van der Waals surface area contributed by atoms with Crippen LogP contribution >= 0.6 is 11.8 Å². The minimum Gasteiger partial charge on any atom is -0.325 e. The third kappa shape index (κ3) is 3.05. The van der Waals surface area contributed by atoms with E-state index >= 15 is 0 Å². The molecule has 0 aromatic heterocycles. The van der Waals surface area contributed by atoms with Crippen molar-refractivity contribution in [1.82, 2.24) is 4.90 Å². The Balaban J connectivity index is 1.97. The van der Waals surface area contributed by atoms with Crippen LogP contribution < -0.4 is 0 Å². The second-order valence-corrected chi connectivity index (χ2v) is 6.71. The van der Waals surface area contributed by atoms with E-state index in [4.69, 9.17) is 0 Å². The van der Waals surface area contributed by atoms with Gasteiger partial charge in [-0.1, -0.05) is 85.8 Å². The molecule has 22 heavy (non-hydrogen) atoms. The van der Waals surface area contributed by atoms with Gasteiger partial charge >= 0.3 is 0 Å². The van der Waals surface area contributed by atoms with E-state index < -0.39 is 0 Å². The molecule has 2 atom stereocenters. The first-order chi connectivity index (χ1) is 10.8. The molecule has 0 N–H and O–H groups in total. The first-order valence-corrected chi connectivity index (χ1v) is 8.76. The lowest BCUT2D eigenvalue weighted by molar-refractivity contribution is 0.204. The second-order valence-electron chi connectivity index (χ2n) is 5.62. The van der Waals surface area contributed by atoms with Crippen molar-refractivity contribution < 1.29 is 4.79 Å². The fourth-order valence-corrected chi connectivity index (χ4v) is 4.26. The van der Waals surface area contributed by atoms with Gasteiger partial charge in [0.1, 0.15) is 0 Å². The van der Waals surface area contributed by atoms with Crippen LogP contribution in [0.3, 0.4) is 0 Å². The standard InChI is InChI=1S/C19H21NOS/c1-2-3-14-20-17(15-10-6-4-7-11-15)18(22-19(20)21)16-12-8-5-9-13-16/h4-13,17-18H,2-3,14H2,1H3. The highest BCUT2D eigenvalue weighted by molar-refractivity contribution is 8.14. The van der Waals surface area contributed by atoms with Gasteiger partial charge in [0.05, 0.1) is 11.3 Å². The van der Waals surface area contributed by atoms with E-state index in [2.05, 4.69) is 60.4 Å². The largest absolute Gasteiger partial charge is 0.325 e. The summed E-state index contributed by atoms with van der Waals surface area (Å²) in [6.45, 7) is 3.01. The highest BCUT2D eigenvalue weighted by Crippen LogP contribution is 2.51. The number of rotatable bonds is 5. The SMILES string of the molecule is CCCCN1C(=O)SC(c2ccccc2)C1c1ccccc1. The summed E-state index contributed by atoms with van der Waals surface area (Å²) in [6.07, 6.45) is 2.16. The van der Waals surface area contributed by atoms with E-state index in [1.54, 1.807) is 0 Å². The maximum Gasteiger partial charge on any atom is 0.282 e. The summed E-state index contributed by atoms with van der Waals surface area (Å²) in [7, 11) is 0. The van der Waals surface area contributed by atoms with Gasteiger partial charge in [0.25, 0.3) is 5.24 Å². The van der Waals surface area contributed by atoms with Gasteiger partial charge in [-0.05, 0) is 17.5 Å². The molecule has 2 aromatic rings. The number of carbonyl (C=O) groups is 1. The molecule has 1 aliphatic heterocycles. The van der Waals surface area contributed by atoms with Crippen LogP contribution in [0, 0.1) is 0 Å². The van der Waals surface area contributed by atoms with Crippen LogP contribution in [-0.4, -0.2) is 16.7 Å². The highest BCUT2D eigenvalue weighted by atomic mass is 32.2. The average Bonchev–Trinajstić information content (AvgIpc) is 2.91. The summed E-state index contributed by atoms with van der Waals surface area (Å²) in [5, 5.41) is 0.379. The minimum atomic E-state index is 0.132. The van der Waals surface area contributed by atoms with Crippen molar-refractivity contribution in [1.29, 1.82) is 0 Å². The molecule has 2 nitrogen and oxygen atoms in total. The molecule has 2 unspecified atom stereocenters. The van der Waals surface area contributed by atoms with E-state index in [0.29, 0.717) is 0 Å². The van der Waals surface area contributed by atoms with Gasteiger partial charge in [0, 0.05) is 6.54 Å². The Hall–Kier alpha value is -1.74. The molecular weight excluding hydrogens is 290 g/mol. The predicted molar refractivity (Wildman–Crippen MR) is 93.0 cm³/mol. The Morgan fingerprint density at radius 2 is 1.55 bits per heavy atom. The second kappa shape index (κ2) is 7.01. The van der Waals surface area contributed by atoms with Crippen LogP contribution in [0.25, 0.3) is 0 Å². The number of benzene rings is 2. The van der Waals surface area contributed by atoms with Crippen molar-refractivity contribution in [3.63, 3.8) is 0 Å². The van der Waals surface area contributed by atoms with Crippen LogP contribution in [0.2, 0.25) is 0 Å². The van der Waals surface area contributed by atoms with Gasteiger partial charge in [-0.15, -0.1) is 0 Å². The number of thioether (sulfide) groups is 1. The van der Waals surface area contributed by atoms with Crippen LogP contribution in [0.5, 0.6) is 0 Å². The Bertz CT molecular complexity index is 614. The van der Waals surface area contributed by atoms with Crippen LogP contribution in [0.4, 0.5) is 4.79 Å². The summed E-state index contributed by atoms with van der Waals surface area (Å²) < 4.78 is 0. The van der Waals surface area contributed by atoms with Crippen LogP contribution in [-0.2, 0) is 0 Å². The van der Waals surface area contributed by atoms with Crippen LogP contribution in [0.1, 0.15) is 42.2 Å². The summed E-state index contributed by atoms with van der Waals surface area (Å²) in [5.74, 6) is 0. The summed E-state index contributed by atoms with van der Waals surface area (Å²) in [5.41, 5.74) is 2.46. The number of hydrogen-bond donors (Lipinski definition) is 0. The molecule has 1 fully saturated rings. The molecule has 0 bridgehead atoms. The van der Waals surface area contributed by atoms with E-state index in [1.165, 1.54) is 22.9 Å². The molecule has 1 saturated heterocycles. The maximum atomic E-state index is 12.5. The van der Waals surface area contributed by atoms with Gasteiger partial charge in [-0.25, -0.2) is 0 Å². The first kappa shape index (κ1) is 15.2. The normalized spacial score (nSPS) is 21.3. The monoisotopic (exact) mass is 311 g/mol. The molecule has 2 aromatic carbocycles. The summed E-state index contributed by atoms with van der Waals surface area (Å²) in [4.78, 5) is 14.6. The summed E-state index contributed by atoms with van der Waals surface area (Å²) >= 11 is 1.47. The number of nitrogens with zero attached hydrogens (tertiary/aromatic N) is 1. The Labute approximate surface area is 136 Å². The topological polar surface area (TPSA) is 20.3 Å². The molecule has 0 spiro atoms. The molecule has 1 aliphatic rings. The van der Waals surface area contributed by atoms with Gasteiger partial charge in [-0.2, -0.15) is 0 Å². The van der Waals surface area contributed by atoms with Gasteiger partial charge in [-0.3, -0.25) is 4.79 Å². The Kier molecular flexibility index (Phi) is 4.84. The highest BCUT2D eigenvalue weighted by Gasteiger charge is 2.41. The molecule has 1 heterocycles. The van der Waals surface area contributed by atoms with Gasteiger partial charge < -0.3 is 4.90 Å². The van der Waals surface area contributed by atoms with Crippen molar-refractivity contribution in [2.24, 2.45) is 0 Å². The fraction of sp³-hybridized carbons (Fsp3) is 0.316. The van der Waals surface area contributed by atoms with Gasteiger partial charge in [0.15, 0.2) is 0 Å². The number of carbonyl (C=O) groups excluding carboxylic acids is 1. The molecule has 114 valence electrons. The van der Waals surface area contributed by atoms with E-state index in [0.717, 1.165) is 19.4 Å².